The molecule has 0 saturated heterocycles. The highest BCUT2D eigenvalue weighted by molar-refractivity contribution is 7.18. The number of anilines is 2. The summed E-state index contributed by atoms with van der Waals surface area (Å²) < 4.78 is 9.63. The van der Waals surface area contributed by atoms with Gasteiger partial charge in [-0.1, -0.05) is 11.3 Å². The van der Waals surface area contributed by atoms with Crippen LogP contribution >= 0.6 is 11.3 Å². The smallest absolute Gasteiger partial charge is 0.381 e. The molecule has 2 rings (SSSR count). The summed E-state index contributed by atoms with van der Waals surface area (Å²) >= 11 is 1.03. The molecule has 5 N–H and O–H groups in total. The van der Waals surface area contributed by atoms with Crippen molar-refractivity contribution in [3.8, 4) is 5.75 Å². The Balaban J connectivity index is 2.18. The van der Waals surface area contributed by atoms with Crippen molar-refractivity contribution in [1.29, 1.82) is 0 Å². The van der Waals surface area contributed by atoms with E-state index in [-0.39, 0.29) is 22.3 Å². The topological polar surface area (TPSA) is 159 Å². The van der Waals surface area contributed by atoms with Gasteiger partial charge >= 0.3 is 5.63 Å². The molecule has 0 aromatic carbocycles. The Bertz CT molecular complexity index is 870. The highest BCUT2D eigenvalue weighted by Gasteiger charge is 2.17. The van der Waals surface area contributed by atoms with Crippen LogP contribution in [0.1, 0.15) is 17.5 Å². The number of rotatable bonds is 5. The number of aromatic nitrogens is 2. The predicted molar refractivity (Wildman–Crippen MR) is 89.9 cm³/mol. The molecule has 1 amide bonds. The average Bonchev–Trinajstić information content (AvgIpc) is 2.94. The van der Waals surface area contributed by atoms with E-state index in [4.69, 9.17) is 20.6 Å². The van der Waals surface area contributed by atoms with Gasteiger partial charge < -0.3 is 20.6 Å². The summed E-state index contributed by atoms with van der Waals surface area (Å²) in [7, 11) is 1.27. The van der Waals surface area contributed by atoms with Crippen LogP contribution in [0.4, 0.5) is 16.0 Å². The van der Waals surface area contributed by atoms with Gasteiger partial charge in [0, 0.05) is 11.8 Å². The largest absolute Gasteiger partial charge is 0.488 e. The van der Waals surface area contributed by atoms with Crippen LogP contribution in [0.3, 0.4) is 0 Å². The second kappa shape index (κ2) is 7.37. The number of nitrogens with zero attached hydrogens (tertiary/aromatic N) is 3. The summed E-state index contributed by atoms with van der Waals surface area (Å²) in [5, 5.41) is 10.5. The number of nitrogen functional groups attached to an aromatic ring is 1. The van der Waals surface area contributed by atoms with Crippen molar-refractivity contribution in [3.05, 3.63) is 34.5 Å². The van der Waals surface area contributed by atoms with Gasteiger partial charge in [-0.15, -0.1) is 10.2 Å². The van der Waals surface area contributed by atoms with E-state index in [1.807, 2.05) is 0 Å². The number of aliphatic imine (C=N–C) groups is 1. The number of allylic oxidation sites excluding steroid dienone is 1. The van der Waals surface area contributed by atoms with E-state index in [0.29, 0.717) is 10.8 Å². The standard InChI is InChI=1S/C13H14N6O4S/c1-6(3-4-14)16-12-18-19-13(24-12)17-10(20)8-5-7(15)9(22-2)11(21)23-8/h3-5H,14-15H2,1-2H3,(H,17,19,20). The van der Waals surface area contributed by atoms with Crippen molar-refractivity contribution in [2.45, 2.75) is 6.92 Å². The Morgan fingerprint density at radius 2 is 2.25 bits per heavy atom. The number of carbonyl (C=O) groups excluding carboxylic acids is 1. The van der Waals surface area contributed by atoms with E-state index in [0.717, 1.165) is 11.3 Å². The van der Waals surface area contributed by atoms with Gasteiger partial charge in [0.25, 0.3) is 5.91 Å². The molecular weight excluding hydrogens is 336 g/mol. The highest BCUT2D eigenvalue weighted by atomic mass is 32.1. The van der Waals surface area contributed by atoms with Crippen LogP contribution in [-0.2, 0) is 0 Å². The number of nitrogens with one attached hydrogen (secondary N) is 1. The molecule has 2 heterocycles. The number of ether oxygens (including phenoxy) is 1. The van der Waals surface area contributed by atoms with Crippen molar-refractivity contribution in [1.82, 2.24) is 10.2 Å². The first-order valence-corrected chi connectivity index (χ1v) is 7.32. The molecule has 0 saturated carbocycles. The van der Waals surface area contributed by atoms with E-state index in [2.05, 4.69) is 20.5 Å². The molecule has 10 nitrogen and oxygen atoms in total. The zero-order valence-electron chi connectivity index (χ0n) is 12.8. The second-order valence-electron chi connectivity index (χ2n) is 4.34. The van der Waals surface area contributed by atoms with E-state index in [9.17, 15) is 9.59 Å². The fourth-order valence-electron chi connectivity index (χ4n) is 1.61. The summed E-state index contributed by atoms with van der Waals surface area (Å²) in [6.07, 6.45) is 2.94. The van der Waals surface area contributed by atoms with Crippen LogP contribution in [-0.4, -0.2) is 28.9 Å². The molecule has 2 aromatic heterocycles. The quantitative estimate of drug-likeness (QED) is 0.671. The molecule has 24 heavy (non-hydrogen) atoms. The van der Waals surface area contributed by atoms with Gasteiger partial charge in [0.1, 0.15) is 0 Å². The van der Waals surface area contributed by atoms with Gasteiger partial charge in [0.15, 0.2) is 5.76 Å². The van der Waals surface area contributed by atoms with Crippen molar-refractivity contribution < 1.29 is 13.9 Å². The number of hydrogen-bond donors (Lipinski definition) is 3. The van der Waals surface area contributed by atoms with Gasteiger partial charge in [-0.25, -0.2) is 9.79 Å². The minimum Gasteiger partial charge on any atom is -0.488 e. The zero-order valence-corrected chi connectivity index (χ0v) is 13.6. The third kappa shape index (κ3) is 3.95. The van der Waals surface area contributed by atoms with Crippen molar-refractivity contribution >= 4 is 38.9 Å². The zero-order chi connectivity index (χ0) is 17.7. The maximum Gasteiger partial charge on any atom is 0.381 e. The number of hydrogen-bond acceptors (Lipinski definition) is 10. The summed E-state index contributed by atoms with van der Waals surface area (Å²) in [5.41, 5.74) is 10.6. The van der Waals surface area contributed by atoms with Crippen LogP contribution in [0.25, 0.3) is 0 Å². The lowest BCUT2D eigenvalue weighted by Crippen LogP contribution is -2.16. The van der Waals surface area contributed by atoms with Gasteiger partial charge in [-0.3, -0.25) is 10.1 Å². The van der Waals surface area contributed by atoms with E-state index >= 15 is 0 Å². The van der Waals surface area contributed by atoms with E-state index in [1.165, 1.54) is 19.4 Å². The van der Waals surface area contributed by atoms with E-state index < -0.39 is 11.5 Å². The predicted octanol–water partition coefficient (Wildman–Crippen LogP) is 0.899. The lowest BCUT2D eigenvalue weighted by atomic mass is 10.3. The maximum atomic E-state index is 12.1. The summed E-state index contributed by atoms with van der Waals surface area (Å²) in [5.74, 6) is -1.14. The molecule has 0 aliphatic heterocycles. The molecule has 0 fully saturated rings. The molecule has 126 valence electrons. The van der Waals surface area contributed by atoms with Crippen LogP contribution in [0.2, 0.25) is 0 Å². The number of amides is 1. The lowest BCUT2D eigenvalue weighted by molar-refractivity contribution is 0.0991. The molecule has 11 heteroatoms. The van der Waals surface area contributed by atoms with Crippen LogP contribution in [0, 0.1) is 0 Å². The maximum absolute atomic E-state index is 12.1. The number of carbonyl (C=O) groups is 1. The molecule has 2 aromatic rings. The van der Waals surface area contributed by atoms with Crippen LogP contribution in [0.5, 0.6) is 5.75 Å². The minimum absolute atomic E-state index is 0.00866. The number of nitrogens with two attached hydrogens (primary N) is 2. The Kier molecular flexibility index (Phi) is 5.27. The third-order valence-corrected chi connectivity index (χ3v) is 3.34. The normalized spacial score (nSPS) is 11.7. The first kappa shape index (κ1) is 17.1. The third-order valence-electron chi connectivity index (χ3n) is 2.61. The fourth-order valence-corrected chi connectivity index (χ4v) is 2.28. The second-order valence-corrected chi connectivity index (χ2v) is 5.30. The lowest BCUT2D eigenvalue weighted by Gasteiger charge is -2.04. The van der Waals surface area contributed by atoms with Crippen molar-refractivity contribution in [3.63, 3.8) is 0 Å². The Labute approximate surface area is 139 Å². The monoisotopic (exact) mass is 350 g/mol. The Morgan fingerprint density at radius 1 is 1.50 bits per heavy atom. The Hall–Kier alpha value is -3.21. The van der Waals surface area contributed by atoms with Crippen molar-refractivity contribution in [2.24, 2.45) is 10.7 Å². The molecular formula is C13H14N6O4S. The Morgan fingerprint density at radius 3 is 2.88 bits per heavy atom. The van der Waals surface area contributed by atoms with Gasteiger partial charge in [0.2, 0.25) is 16.0 Å². The highest BCUT2D eigenvalue weighted by Crippen LogP contribution is 2.24. The first-order valence-electron chi connectivity index (χ1n) is 6.50. The fraction of sp³-hybridized carbons (Fsp3) is 0.154. The van der Waals surface area contributed by atoms with Gasteiger partial charge in [-0.05, 0) is 19.2 Å². The van der Waals surface area contributed by atoms with Gasteiger partial charge in [-0.2, -0.15) is 0 Å². The number of methoxy groups -OCH3 is 1. The average molecular weight is 350 g/mol. The molecule has 0 spiro atoms. The van der Waals surface area contributed by atoms with Crippen LogP contribution in [0.15, 0.2) is 32.5 Å². The van der Waals surface area contributed by atoms with Gasteiger partial charge in [0.05, 0.1) is 12.8 Å². The molecule has 0 unspecified atom stereocenters. The van der Waals surface area contributed by atoms with Crippen LogP contribution < -0.4 is 27.1 Å². The van der Waals surface area contributed by atoms with E-state index in [1.54, 1.807) is 13.0 Å². The SMILES string of the molecule is COc1c(N)cc(C(=O)Nc2nnc(N=C(C)C=CN)s2)oc1=O. The molecule has 0 bridgehead atoms. The first-order chi connectivity index (χ1) is 11.4. The summed E-state index contributed by atoms with van der Waals surface area (Å²) in [4.78, 5) is 27.8. The molecule has 0 aliphatic rings. The molecule has 0 atom stereocenters. The molecule has 0 aliphatic carbocycles. The molecule has 0 radical (unpaired) electrons. The van der Waals surface area contributed by atoms with Crippen molar-refractivity contribution in [2.75, 3.05) is 18.2 Å². The summed E-state index contributed by atoms with van der Waals surface area (Å²) in [6.45, 7) is 1.73. The summed E-state index contributed by atoms with van der Waals surface area (Å²) in [6, 6.07) is 1.19. The minimum atomic E-state index is -0.852.